The van der Waals surface area contributed by atoms with Gasteiger partial charge in [0.25, 0.3) is 6.43 Å². The number of nitrogens with zero attached hydrogens (tertiary/aromatic N) is 2. The average molecular weight is 233 g/mol. The Morgan fingerprint density at radius 3 is 2.67 bits per heavy atom. The van der Waals surface area contributed by atoms with Gasteiger partial charge in [-0.3, -0.25) is 0 Å². The maximum Gasteiger partial charge on any atom is 0.337 e. The Bertz CT molecular complexity index is 457. The zero-order valence-electron chi connectivity index (χ0n) is 7.04. The van der Waals surface area contributed by atoms with E-state index < -0.39 is 34.2 Å². The van der Waals surface area contributed by atoms with Crippen molar-refractivity contribution in [2.24, 2.45) is 0 Å². The molecule has 1 N–H and O–H groups in total. The number of hydrogen-bond acceptors (Lipinski definition) is 3. The molecule has 1 heterocycles. The summed E-state index contributed by atoms with van der Waals surface area (Å²) in [5, 5.41) is 16.4. The molecule has 15 heavy (non-hydrogen) atoms. The van der Waals surface area contributed by atoms with E-state index in [0.717, 1.165) is 0 Å². The molecular formula is C8H3ClF2N2O2. The quantitative estimate of drug-likeness (QED) is 0.849. The summed E-state index contributed by atoms with van der Waals surface area (Å²) in [6, 6.07) is 1.49. The fraction of sp³-hybridized carbons (Fsp3) is 0.125. The van der Waals surface area contributed by atoms with E-state index in [9.17, 15) is 13.6 Å². The fourth-order valence-corrected chi connectivity index (χ4v) is 1.24. The topological polar surface area (TPSA) is 74.0 Å². The molecule has 0 saturated carbocycles. The molecule has 0 fully saturated rings. The molecule has 1 aromatic rings. The van der Waals surface area contributed by atoms with Gasteiger partial charge in [0.2, 0.25) is 0 Å². The molecule has 0 spiro atoms. The lowest BCUT2D eigenvalue weighted by Gasteiger charge is -2.07. The fourth-order valence-electron chi connectivity index (χ4n) is 0.963. The predicted octanol–water partition coefficient (Wildman–Crippen LogP) is 2.24. The van der Waals surface area contributed by atoms with Crippen molar-refractivity contribution in [1.29, 1.82) is 5.26 Å². The first-order chi connectivity index (χ1) is 6.99. The summed E-state index contributed by atoms with van der Waals surface area (Å²) in [6.07, 6.45) is -2.38. The zero-order valence-corrected chi connectivity index (χ0v) is 7.79. The lowest BCUT2D eigenvalue weighted by molar-refractivity contribution is 0.0684. The monoisotopic (exact) mass is 232 g/mol. The molecule has 4 nitrogen and oxygen atoms in total. The Morgan fingerprint density at radius 1 is 1.67 bits per heavy atom. The SMILES string of the molecule is N#Cc1ncc(C(=O)O)c(C(F)F)c1Cl. The molecule has 7 heteroatoms. The Hall–Kier alpha value is -1.74. The van der Waals surface area contributed by atoms with E-state index in [0.29, 0.717) is 6.20 Å². The number of rotatable bonds is 2. The summed E-state index contributed by atoms with van der Waals surface area (Å²) in [4.78, 5) is 13.9. The lowest BCUT2D eigenvalue weighted by Crippen LogP contribution is -2.06. The third kappa shape index (κ3) is 2.02. The highest BCUT2D eigenvalue weighted by atomic mass is 35.5. The van der Waals surface area contributed by atoms with Gasteiger partial charge in [-0.15, -0.1) is 0 Å². The standard InChI is InChI=1S/C8H3ClF2N2O2/c9-6-4(1-12)13-2-3(8(14)15)5(6)7(10)11/h2,7H,(H,14,15). The first kappa shape index (κ1) is 11.3. The second kappa shape index (κ2) is 4.19. The number of hydrogen-bond donors (Lipinski definition) is 1. The van der Waals surface area contributed by atoms with Crippen molar-refractivity contribution < 1.29 is 18.7 Å². The van der Waals surface area contributed by atoms with Gasteiger partial charge in [0, 0.05) is 6.20 Å². The summed E-state index contributed by atoms with van der Waals surface area (Å²) in [7, 11) is 0. The molecule has 78 valence electrons. The number of carbonyl (C=O) groups is 1. The first-order valence-corrected chi connectivity index (χ1v) is 3.96. The molecule has 0 atom stereocenters. The number of alkyl halides is 2. The van der Waals surface area contributed by atoms with Crippen molar-refractivity contribution in [2.75, 3.05) is 0 Å². The predicted molar refractivity (Wildman–Crippen MR) is 45.9 cm³/mol. The van der Waals surface area contributed by atoms with Gasteiger partial charge < -0.3 is 5.11 Å². The molecule has 1 rings (SSSR count). The van der Waals surface area contributed by atoms with E-state index in [1.165, 1.54) is 6.07 Å². The number of aromatic carboxylic acids is 1. The van der Waals surface area contributed by atoms with Crippen molar-refractivity contribution >= 4 is 17.6 Å². The number of halogens is 3. The minimum atomic E-state index is -3.07. The van der Waals surface area contributed by atoms with Crippen LogP contribution in [-0.2, 0) is 0 Å². The molecular weight excluding hydrogens is 230 g/mol. The first-order valence-electron chi connectivity index (χ1n) is 3.59. The third-order valence-electron chi connectivity index (χ3n) is 1.61. The zero-order chi connectivity index (χ0) is 11.6. The Morgan fingerprint density at radius 2 is 2.27 bits per heavy atom. The molecule has 0 aliphatic heterocycles. The van der Waals surface area contributed by atoms with E-state index in [1.54, 1.807) is 0 Å². The molecule has 0 saturated heterocycles. The van der Waals surface area contributed by atoms with Crippen LogP contribution in [0, 0.1) is 11.3 Å². The van der Waals surface area contributed by atoms with Crippen molar-refractivity contribution in [3.05, 3.63) is 28.0 Å². The smallest absolute Gasteiger partial charge is 0.337 e. The molecule has 0 radical (unpaired) electrons. The average Bonchev–Trinajstić information content (AvgIpc) is 2.16. The van der Waals surface area contributed by atoms with Gasteiger partial charge in [-0.05, 0) is 0 Å². The summed E-state index contributed by atoms with van der Waals surface area (Å²) < 4.78 is 25.0. The molecule has 0 bridgehead atoms. The molecule has 0 aliphatic carbocycles. The van der Waals surface area contributed by atoms with Crippen LogP contribution in [0.25, 0.3) is 0 Å². The second-order valence-corrected chi connectivity index (χ2v) is 2.84. The Labute approximate surface area is 87.7 Å². The van der Waals surface area contributed by atoms with Gasteiger partial charge in [0.05, 0.1) is 16.1 Å². The van der Waals surface area contributed by atoms with Gasteiger partial charge in [-0.2, -0.15) is 5.26 Å². The number of carboxylic acid groups (broad SMARTS) is 1. The number of carboxylic acids is 1. The highest BCUT2D eigenvalue weighted by Crippen LogP contribution is 2.31. The Kier molecular flexibility index (Phi) is 3.17. The van der Waals surface area contributed by atoms with Crippen LogP contribution in [0.5, 0.6) is 0 Å². The van der Waals surface area contributed by atoms with Gasteiger partial charge in [0.15, 0.2) is 5.69 Å². The summed E-state index contributed by atoms with van der Waals surface area (Å²) in [5.41, 5.74) is -2.00. The van der Waals surface area contributed by atoms with E-state index in [4.69, 9.17) is 22.0 Å². The minimum Gasteiger partial charge on any atom is -0.478 e. The normalized spacial score (nSPS) is 10.1. The van der Waals surface area contributed by atoms with Crippen LogP contribution in [0.4, 0.5) is 8.78 Å². The minimum absolute atomic E-state index is 0.419. The highest BCUT2D eigenvalue weighted by molar-refractivity contribution is 6.32. The third-order valence-corrected chi connectivity index (χ3v) is 1.99. The Balaban J connectivity index is 3.53. The van der Waals surface area contributed by atoms with Crippen LogP contribution >= 0.6 is 11.6 Å². The largest absolute Gasteiger partial charge is 0.478 e. The summed E-state index contributed by atoms with van der Waals surface area (Å²) >= 11 is 5.42. The number of aromatic nitrogens is 1. The van der Waals surface area contributed by atoms with Gasteiger partial charge >= 0.3 is 5.97 Å². The second-order valence-electron chi connectivity index (χ2n) is 2.47. The molecule has 0 aliphatic rings. The number of nitriles is 1. The lowest BCUT2D eigenvalue weighted by atomic mass is 10.1. The van der Waals surface area contributed by atoms with Crippen LogP contribution in [0.3, 0.4) is 0 Å². The maximum atomic E-state index is 12.5. The van der Waals surface area contributed by atoms with Gasteiger partial charge in [-0.1, -0.05) is 11.6 Å². The summed E-state index contributed by atoms with van der Waals surface area (Å²) in [5.74, 6) is -1.57. The van der Waals surface area contributed by atoms with Crippen LogP contribution in [-0.4, -0.2) is 16.1 Å². The van der Waals surface area contributed by atoms with Crippen molar-refractivity contribution in [2.45, 2.75) is 6.43 Å². The molecule has 1 aromatic heterocycles. The molecule has 0 unspecified atom stereocenters. The highest BCUT2D eigenvalue weighted by Gasteiger charge is 2.24. The van der Waals surface area contributed by atoms with Crippen molar-refractivity contribution in [3.8, 4) is 6.07 Å². The summed E-state index contributed by atoms with van der Waals surface area (Å²) in [6.45, 7) is 0. The molecule has 0 amide bonds. The van der Waals surface area contributed by atoms with Crippen LogP contribution < -0.4 is 0 Å². The van der Waals surface area contributed by atoms with E-state index in [2.05, 4.69) is 4.98 Å². The van der Waals surface area contributed by atoms with Crippen molar-refractivity contribution in [1.82, 2.24) is 4.98 Å². The molecule has 0 aromatic carbocycles. The van der Waals surface area contributed by atoms with E-state index in [1.807, 2.05) is 0 Å². The maximum absolute atomic E-state index is 12.5. The van der Waals surface area contributed by atoms with Crippen molar-refractivity contribution in [3.63, 3.8) is 0 Å². The van der Waals surface area contributed by atoms with E-state index >= 15 is 0 Å². The van der Waals surface area contributed by atoms with Crippen LogP contribution in [0.1, 0.15) is 28.0 Å². The van der Waals surface area contributed by atoms with Crippen LogP contribution in [0.15, 0.2) is 6.20 Å². The van der Waals surface area contributed by atoms with Crippen LogP contribution in [0.2, 0.25) is 5.02 Å². The van der Waals surface area contributed by atoms with Gasteiger partial charge in [0.1, 0.15) is 6.07 Å². The van der Waals surface area contributed by atoms with Gasteiger partial charge in [-0.25, -0.2) is 18.6 Å². The number of pyridine rings is 1. The van der Waals surface area contributed by atoms with E-state index in [-0.39, 0.29) is 0 Å².